The van der Waals surface area contributed by atoms with Crippen LogP contribution in [0.2, 0.25) is 0 Å². The number of piperidine rings is 1. The zero-order valence-corrected chi connectivity index (χ0v) is 19.3. The van der Waals surface area contributed by atoms with Crippen molar-refractivity contribution in [2.24, 2.45) is 5.92 Å². The Kier molecular flexibility index (Phi) is 7.79. The molecule has 0 bridgehead atoms. The van der Waals surface area contributed by atoms with Gasteiger partial charge in [0, 0.05) is 51.7 Å². The lowest BCUT2D eigenvalue weighted by Gasteiger charge is -2.31. The summed E-state index contributed by atoms with van der Waals surface area (Å²) in [6, 6.07) is 6.28. The van der Waals surface area contributed by atoms with Crippen molar-refractivity contribution in [2.75, 3.05) is 52.4 Å². The van der Waals surface area contributed by atoms with Crippen molar-refractivity contribution >= 4 is 11.8 Å². The van der Waals surface area contributed by atoms with Crippen molar-refractivity contribution in [2.45, 2.75) is 51.6 Å². The highest BCUT2D eigenvalue weighted by Gasteiger charge is 2.37. The van der Waals surface area contributed by atoms with Crippen LogP contribution >= 0.6 is 0 Å². The molecule has 6 nitrogen and oxygen atoms in total. The maximum atomic E-state index is 13.2. The van der Waals surface area contributed by atoms with Crippen LogP contribution in [0.1, 0.15) is 44.6 Å². The second-order valence-corrected chi connectivity index (χ2v) is 9.67. The molecule has 0 spiro atoms. The number of carbonyl (C=O) groups is 2. The first kappa shape index (κ1) is 23.2. The molecule has 0 aromatic heterocycles. The standard InChI is InChI=1S/C25H37FN4O2/c1-20(18-27-11-3-2-4-12-27)24(31)29-14-5-13-28(16-17-29)23-10-15-30(25(23)32)19-21-6-8-22(26)9-7-21/h6-9,20,23H,2-5,10-19H2,1H3. The lowest BCUT2D eigenvalue weighted by Crippen LogP contribution is -2.45. The Bertz CT molecular complexity index is 781. The van der Waals surface area contributed by atoms with E-state index in [0.29, 0.717) is 13.1 Å². The van der Waals surface area contributed by atoms with Crippen LogP contribution in [0, 0.1) is 11.7 Å². The Labute approximate surface area is 191 Å². The largest absolute Gasteiger partial charge is 0.341 e. The molecule has 1 aromatic rings. The summed E-state index contributed by atoms with van der Waals surface area (Å²) in [5, 5.41) is 0. The first-order valence-corrected chi connectivity index (χ1v) is 12.3. The molecule has 3 aliphatic heterocycles. The highest BCUT2D eigenvalue weighted by Crippen LogP contribution is 2.22. The fraction of sp³-hybridized carbons (Fsp3) is 0.680. The Morgan fingerprint density at radius 3 is 2.47 bits per heavy atom. The molecule has 32 heavy (non-hydrogen) atoms. The molecule has 4 rings (SSSR count). The minimum Gasteiger partial charge on any atom is -0.341 e. The second-order valence-electron chi connectivity index (χ2n) is 9.67. The molecule has 2 unspecified atom stereocenters. The van der Waals surface area contributed by atoms with Gasteiger partial charge in [-0.2, -0.15) is 0 Å². The summed E-state index contributed by atoms with van der Waals surface area (Å²) in [5.74, 6) is 0.188. The van der Waals surface area contributed by atoms with Crippen molar-refractivity contribution in [3.8, 4) is 0 Å². The van der Waals surface area contributed by atoms with E-state index in [1.807, 2.05) is 9.80 Å². The summed E-state index contributed by atoms with van der Waals surface area (Å²) in [6.07, 6.45) is 5.52. The van der Waals surface area contributed by atoms with Crippen LogP contribution in [0.15, 0.2) is 24.3 Å². The highest BCUT2D eigenvalue weighted by atomic mass is 19.1. The predicted octanol–water partition coefficient (Wildman–Crippen LogP) is 2.58. The van der Waals surface area contributed by atoms with E-state index in [0.717, 1.165) is 64.2 Å². The van der Waals surface area contributed by atoms with Crippen molar-refractivity contribution in [1.29, 1.82) is 0 Å². The molecule has 3 aliphatic rings. The van der Waals surface area contributed by atoms with Crippen molar-refractivity contribution < 1.29 is 14.0 Å². The van der Waals surface area contributed by atoms with E-state index in [4.69, 9.17) is 0 Å². The maximum absolute atomic E-state index is 13.2. The molecule has 3 heterocycles. The lowest BCUT2D eigenvalue weighted by molar-refractivity contribution is -0.135. The first-order chi connectivity index (χ1) is 15.5. The van der Waals surface area contributed by atoms with E-state index < -0.39 is 0 Å². The monoisotopic (exact) mass is 444 g/mol. The molecule has 0 saturated carbocycles. The summed E-state index contributed by atoms with van der Waals surface area (Å²) in [4.78, 5) is 34.7. The van der Waals surface area contributed by atoms with E-state index in [-0.39, 0.29) is 29.6 Å². The molecular weight excluding hydrogens is 407 g/mol. The van der Waals surface area contributed by atoms with Gasteiger partial charge in [-0.3, -0.25) is 14.5 Å². The maximum Gasteiger partial charge on any atom is 0.240 e. The van der Waals surface area contributed by atoms with Crippen molar-refractivity contribution in [3.05, 3.63) is 35.6 Å². The third kappa shape index (κ3) is 5.67. The van der Waals surface area contributed by atoms with Crippen molar-refractivity contribution in [3.63, 3.8) is 0 Å². The molecule has 3 saturated heterocycles. The van der Waals surface area contributed by atoms with Gasteiger partial charge in [0.05, 0.1) is 6.04 Å². The van der Waals surface area contributed by atoms with Crippen LogP contribution in [0.3, 0.4) is 0 Å². The normalized spacial score (nSPS) is 24.6. The summed E-state index contributed by atoms with van der Waals surface area (Å²) in [6.45, 7) is 9.49. The molecule has 0 N–H and O–H groups in total. The number of hydrogen-bond donors (Lipinski definition) is 0. The van der Waals surface area contributed by atoms with Gasteiger partial charge >= 0.3 is 0 Å². The summed E-state index contributed by atoms with van der Waals surface area (Å²) < 4.78 is 13.2. The Morgan fingerprint density at radius 2 is 1.72 bits per heavy atom. The van der Waals surface area contributed by atoms with Gasteiger partial charge in [0.2, 0.25) is 11.8 Å². The minimum atomic E-state index is -0.256. The van der Waals surface area contributed by atoms with Crippen LogP contribution in [0.4, 0.5) is 4.39 Å². The van der Waals surface area contributed by atoms with E-state index in [9.17, 15) is 14.0 Å². The van der Waals surface area contributed by atoms with Gasteiger partial charge in [-0.15, -0.1) is 0 Å². The molecular formula is C25H37FN4O2. The molecule has 2 amide bonds. The Morgan fingerprint density at radius 1 is 0.969 bits per heavy atom. The fourth-order valence-corrected chi connectivity index (χ4v) is 5.42. The number of nitrogens with zero attached hydrogens (tertiary/aromatic N) is 4. The third-order valence-electron chi connectivity index (χ3n) is 7.24. The highest BCUT2D eigenvalue weighted by molar-refractivity contribution is 5.84. The number of halogens is 1. The van der Waals surface area contributed by atoms with Gasteiger partial charge in [0.25, 0.3) is 0 Å². The Balaban J connectivity index is 1.27. The number of carbonyl (C=O) groups excluding carboxylic acids is 2. The van der Waals surface area contributed by atoms with E-state index in [1.165, 1.54) is 31.4 Å². The average molecular weight is 445 g/mol. The number of likely N-dealkylation sites (tertiary alicyclic amines) is 2. The lowest BCUT2D eigenvalue weighted by atomic mass is 10.1. The third-order valence-corrected chi connectivity index (χ3v) is 7.24. The average Bonchev–Trinajstić information content (AvgIpc) is 3.00. The molecule has 0 aliphatic carbocycles. The SMILES string of the molecule is CC(CN1CCCCC1)C(=O)N1CCCN(C2CCN(Cc3ccc(F)cc3)C2=O)CC1. The van der Waals surface area contributed by atoms with Gasteiger partial charge in [0.1, 0.15) is 5.82 Å². The molecule has 7 heteroatoms. The number of benzene rings is 1. The van der Waals surface area contributed by atoms with Gasteiger partial charge in [-0.05, 0) is 56.5 Å². The van der Waals surface area contributed by atoms with E-state index >= 15 is 0 Å². The number of rotatable bonds is 6. The van der Waals surface area contributed by atoms with Gasteiger partial charge in [-0.1, -0.05) is 25.5 Å². The molecule has 176 valence electrons. The van der Waals surface area contributed by atoms with Crippen LogP contribution in [-0.2, 0) is 16.1 Å². The van der Waals surface area contributed by atoms with Crippen molar-refractivity contribution in [1.82, 2.24) is 19.6 Å². The number of hydrogen-bond acceptors (Lipinski definition) is 4. The summed E-state index contributed by atoms with van der Waals surface area (Å²) in [5.41, 5.74) is 0.954. The fourth-order valence-electron chi connectivity index (χ4n) is 5.42. The van der Waals surface area contributed by atoms with Crippen LogP contribution in [0.25, 0.3) is 0 Å². The summed E-state index contributed by atoms with van der Waals surface area (Å²) in [7, 11) is 0. The molecule has 0 radical (unpaired) electrons. The van der Waals surface area contributed by atoms with Crippen LogP contribution < -0.4 is 0 Å². The van der Waals surface area contributed by atoms with E-state index in [1.54, 1.807) is 12.1 Å². The summed E-state index contributed by atoms with van der Waals surface area (Å²) >= 11 is 0. The Hall–Kier alpha value is -1.99. The molecule has 3 fully saturated rings. The van der Waals surface area contributed by atoms with E-state index in [2.05, 4.69) is 16.7 Å². The smallest absolute Gasteiger partial charge is 0.240 e. The minimum absolute atomic E-state index is 0.0268. The molecule has 1 aromatic carbocycles. The van der Waals surface area contributed by atoms with Crippen LogP contribution in [0.5, 0.6) is 0 Å². The first-order valence-electron chi connectivity index (χ1n) is 12.3. The quantitative estimate of drug-likeness (QED) is 0.677. The predicted molar refractivity (Wildman–Crippen MR) is 122 cm³/mol. The zero-order valence-electron chi connectivity index (χ0n) is 19.3. The molecule has 2 atom stereocenters. The second kappa shape index (κ2) is 10.8. The van der Waals surface area contributed by atoms with Gasteiger partial charge in [0.15, 0.2) is 0 Å². The van der Waals surface area contributed by atoms with Gasteiger partial charge in [-0.25, -0.2) is 4.39 Å². The van der Waals surface area contributed by atoms with Crippen LogP contribution in [-0.4, -0.2) is 89.8 Å². The zero-order chi connectivity index (χ0) is 22.5. The topological polar surface area (TPSA) is 47.1 Å². The van der Waals surface area contributed by atoms with Gasteiger partial charge < -0.3 is 14.7 Å². The number of amides is 2.